The number of aromatic nitrogens is 1. The molecule has 35 heavy (non-hydrogen) atoms. The molecule has 2 saturated heterocycles. The maximum Gasteiger partial charge on any atom is 0.256 e. The number of halogens is 1. The Balaban J connectivity index is 1.23. The lowest BCUT2D eigenvalue weighted by atomic mass is 9.82. The Morgan fingerprint density at radius 2 is 1.66 bits per heavy atom. The highest BCUT2D eigenvalue weighted by Crippen LogP contribution is 2.32. The van der Waals surface area contributed by atoms with E-state index in [4.69, 9.17) is 11.6 Å². The third-order valence-corrected chi connectivity index (χ3v) is 7.67. The minimum absolute atomic E-state index is 0.143. The van der Waals surface area contributed by atoms with Crippen LogP contribution in [0.4, 0.5) is 5.82 Å². The van der Waals surface area contributed by atoms with E-state index in [1.807, 2.05) is 23.1 Å². The van der Waals surface area contributed by atoms with E-state index >= 15 is 0 Å². The van der Waals surface area contributed by atoms with Gasteiger partial charge in [0.25, 0.3) is 11.8 Å². The highest BCUT2D eigenvalue weighted by Gasteiger charge is 2.30. The van der Waals surface area contributed by atoms with E-state index in [1.165, 1.54) is 11.3 Å². The fourth-order valence-corrected chi connectivity index (χ4v) is 5.43. The van der Waals surface area contributed by atoms with Crippen LogP contribution in [0.3, 0.4) is 0 Å². The molecule has 1 aromatic heterocycles. The number of hydrogen-bond acceptors (Lipinski definition) is 5. The van der Waals surface area contributed by atoms with Crippen molar-refractivity contribution >= 4 is 29.2 Å². The lowest BCUT2D eigenvalue weighted by molar-refractivity contribution is -0.142. The Bertz CT molecular complexity index is 1020. The zero-order valence-corrected chi connectivity index (χ0v) is 21.3. The molecule has 0 bridgehead atoms. The van der Waals surface area contributed by atoms with Crippen LogP contribution < -0.4 is 4.90 Å². The summed E-state index contributed by atoms with van der Waals surface area (Å²) in [7, 11) is 3.40. The van der Waals surface area contributed by atoms with Gasteiger partial charge in [-0.2, -0.15) is 0 Å². The molecule has 0 aliphatic carbocycles. The van der Waals surface area contributed by atoms with Crippen molar-refractivity contribution in [1.82, 2.24) is 14.8 Å². The molecule has 8 heteroatoms. The van der Waals surface area contributed by atoms with E-state index in [9.17, 15) is 14.7 Å². The Morgan fingerprint density at radius 3 is 2.23 bits per heavy atom. The summed E-state index contributed by atoms with van der Waals surface area (Å²) in [6.07, 6.45) is 5.87. The molecule has 0 radical (unpaired) electrons. The second-order valence-electron chi connectivity index (χ2n) is 9.97. The second kappa shape index (κ2) is 11.4. The quantitative estimate of drug-likeness (QED) is 0.651. The molecule has 0 saturated carbocycles. The molecule has 0 unspecified atom stereocenters. The van der Waals surface area contributed by atoms with Gasteiger partial charge in [-0.25, -0.2) is 4.98 Å². The van der Waals surface area contributed by atoms with Crippen molar-refractivity contribution in [3.63, 3.8) is 0 Å². The molecular weight excluding hydrogens is 464 g/mol. The molecule has 2 aromatic rings. The number of aliphatic hydroxyl groups excluding tert-OH is 1. The predicted molar refractivity (Wildman–Crippen MR) is 138 cm³/mol. The van der Waals surface area contributed by atoms with Crippen molar-refractivity contribution in [1.29, 1.82) is 0 Å². The highest BCUT2D eigenvalue weighted by molar-refractivity contribution is 6.34. The first-order chi connectivity index (χ1) is 16.8. The van der Waals surface area contributed by atoms with Gasteiger partial charge in [0.2, 0.25) is 0 Å². The van der Waals surface area contributed by atoms with Gasteiger partial charge in [-0.1, -0.05) is 41.9 Å². The average Bonchev–Trinajstić information content (AvgIpc) is 2.88. The van der Waals surface area contributed by atoms with E-state index in [2.05, 4.69) is 9.88 Å². The van der Waals surface area contributed by atoms with Crippen LogP contribution in [0.25, 0.3) is 0 Å². The number of carbonyl (C=O) groups excluding carboxylic acids is 2. The minimum atomic E-state index is -1.07. The van der Waals surface area contributed by atoms with Crippen molar-refractivity contribution in [3.8, 4) is 0 Å². The average molecular weight is 499 g/mol. The molecular formula is C27H35ClN4O3. The van der Waals surface area contributed by atoms with Crippen LogP contribution in [0, 0.1) is 11.8 Å². The molecule has 7 nitrogen and oxygen atoms in total. The number of nitrogens with zero attached hydrogens (tertiary/aromatic N) is 4. The number of aliphatic hydroxyl groups is 1. The van der Waals surface area contributed by atoms with Gasteiger partial charge >= 0.3 is 0 Å². The number of carbonyl (C=O) groups is 2. The summed E-state index contributed by atoms with van der Waals surface area (Å²) >= 11 is 6.38. The standard InChI is InChI=1S/C27H35ClN4O3/c1-30(2)26(34)22-18-29-24(17-23(22)28)31-12-8-19(9-13-31)16-20-10-14-32(15-11-20)27(35)25(33)21-6-4-3-5-7-21/h3-7,17-20,25,33H,8-16H2,1-2H3/t25-/m1/s1. The molecule has 0 spiro atoms. The maximum atomic E-state index is 12.7. The van der Waals surface area contributed by atoms with E-state index < -0.39 is 6.10 Å². The number of amides is 2. The molecule has 2 aliphatic rings. The number of piperidine rings is 2. The van der Waals surface area contributed by atoms with Crippen LogP contribution in [0.15, 0.2) is 42.6 Å². The van der Waals surface area contributed by atoms with Crippen LogP contribution in [-0.4, -0.2) is 72.0 Å². The number of hydrogen-bond donors (Lipinski definition) is 1. The van der Waals surface area contributed by atoms with Crippen LogP contribution >= 0.6 is 11.6 Å². The molecule has 1 aromatic carbocycles. The molecule has 1 atom stereocenters. The van der Waals surface area contributed by atoms with Crippen molar-refractivity contribution in [3.05, 3.63) is 58.7 Å². The fourth-order valence-electron chi connectivity index (χ4n) is 5.20. The van der Waals surface area contributed by atoms with Gasteiger partial charge in [-0.15, -0.1) is 0 Å². The maximum absolute atomic E-state index is 12.7. The summed E-state index contributed by atoms with van der Waals surface area (Å²) < 4.78 is 0. The first kappa shape index (κ1) is 25.5. The lowest BCUT2D eigenvalue weighted by Gasteiger charge is -2.37. The minimum Gasteiger partial charge on any atom is -0.378 e. The molecule has 188 valence electrons. The molecule has 4 rings (SSSR count). The number of likely N-dealkylation sites (tertiary alicyclic amines) is 1. The number of benzene rings is 1. The Kier molecular flexibility index (Phi) is 8.29. The third-order valence-electron chi connectivity index (χ3n) is 7.36. The fraction of sp³-hybridized carbons (Fsp3) is 0.519. The molecule has 2 aliphatic heterocycles. The Hall–Kier alpha value is -2.64. The predicted octanol–water partition coefficient (Wildman–Crippen LogP) is 4.02. The summed E-state index contributed by atoms with van der Waals surface area (Å²) in [6.45, 7) is 3.28. The lowest BCUT2D eigenvalue weighted by Crippen LogP contribution is -2.42. The van der Waals surface area contributed by atoms with E-state index in [0.29, 0.717) is 41.1 Å². The third kappa shape index (κ3) is 6.14. The summed E-state index contributed by atoms with van der Waals surface area (Å²) in [4.78, 5) is 35.0. The van der Waals surface area contributed by atoms with E-state index in [0.717, 1.165) is 44.6 Å². The zero-order chi connectivity index (χ0) is 24.9. The molecule has 3 heterocycles. The van der Waals surface area contributed by atoms with Crippen molar-refractivity contribution in [2.24, 2.45) is 11.8 Å². The highest BCUT2D eigenvalue weighted by atomic mass is 35.5. The summed E-state index contributed by atoms with van der Waals surface area (Å²) in [5.41, 5.74) is 1.08. The smallest absolute Gasteiger partial charge is 0.256 e. The van der Waals surface area contributed by atoms with E-state index in [-0.39, 0.29) is 11.8 Å². The monoisotopic (exact) mass is 498 g/mol. The topological polar surface area (TPSA) is 77.0 Å². The van der Waals surface area contributed by atoms with Gasteiger partial charge in [-0.05, 0) is 49.5 Å². The summed E-state index contributed by atoms with van der Waals surface area (Å²) in [5.74, 6) is 1.78. The number of anilines is 1. The van der Waals surface area contributed by atoms with Gasteiger partial charge in [0.1, 0.15) is 5.82 Å². The van der Waals surface area contributed by atoms with Gasteiger partial charge in [0.05, 0.1) is 10.6 Å². The second-order valence-corrected chi connectivity index (χ2v) is 10.4. The number of rotatable bonds is 6. The van der Waals surface area contributed by atoms with E-state index in [1.54, 1.807) is 38.5 Å². The van der Waals surface area contributed by atoms with Gasteiger partial charge < -0.3 is 19.8 Å². The van der Waals surface area contributed by atoms with Crippen molar-refractivity contribution in [2.45, 2.75) is 38.2 Å². The first-order valence-corrected chi connectivity index (χ1v) is 12.8. The summed E-state index contributed by atoms with van der Waals surface area (Å²) in [6, 6.07) is 11.0. The van der Waals surface area contributed by atoms with Gasteiger partial charge in [-0.3, -0.25) is 9.59 Å². The molecule has 2 amide bonds. The Morgan fingerprint density at radius 1 is 1.06 bits per heavy atom. The molecule has 2 fully saturated rings. The zero-order valence-electron chi connectivity index (χ0n) is 20.6. The first-order valence-electron chi connectivity index (χ1n) is 12.5. The normalized spacial score (nSPS) is 18.4. The van der Waals surface area contributed by atoms with Crippen LogP contribution in [-0.2, 0) is 4.79 Å². The summed E-state index contributed by atoms with van der Waals surface area (Å²) in [5, 5.41) is 10.9. The van der Waals surface area contributed by atoms with Crippen molar-refractivity contribution in [2.75, 3.05) is 45.2 Å². The SMILES string of the molecule is CN(C)C(=O)c1cnc(N2CCC(CC3CCN(C(=O)[C@H](O)c4ccccc4)CC3)CC2)cc1Cl. The van der Waals surface area contributed by atoms with Crippen LogP contribution in [0.1, 0.15) is 54.1 Å². The van der Waals surface area contributed by atoms with Crippen LogP contribution in [0.5, 0.6) is 0 Å². The number of pyridine rings is 1. The molecule has 1 N–H and O–H groups in total. The van der Waals surface area contributed by atoms with Crippen LogP contribution in [0.2, 0.25) is 5.02 Å². The van der Waals surface area contributed by atoms with Gasteiger partial charge in [0, 0.05) is 52.5 Å². The largest absolute Gasteiger partial charge is 0.378 e. The van der Waals surface area contributed by atoms with Crippen molar-refractivity contribution < 1.29 is 14.7 Å². The van der Waals surface area contributed by atoms with Gasteiger partial charge in [0.15, 0.2) is 6.10 Å². The Labute approximate surface area is 212 Å².